The highest BCUT2D eigenvalue weighted by Gasteiger charge is 2.11. The summed E-state index contributed by atoms with van der Waals surface area (Å²) >= 11 is 1.33. The van der Waals surface area contributed by atoms with Crippen LogP contribution in [0.4, 0.5) is 11.4 Å². The van der Waals surface area contributed by atoms with Crippen molar-refractivity contribution in [3.8, 4) is 5.75 Å². The Labute approximate surface area is 116 Å². The lowest BCUT2D eigenvalue weighted by molar-refractivity contribution is 0.103. The molecule has 0 unspecified atom stereocenters. The maximum absolute atomic E-state index is 11.9. The first kappa shape index (κ1) is 13.4. The molecule has 0 aliphatic heterocycles. The third-order valence-corrected chi connectivity index (χ3v) is 3.42. The van der Waals surface area contributed by atoms with E-state index >= 15 is 0 Å². The van der Waals surface area contributed by atoms with E-state index in [1.165, 1.54) is 11.3 Å². The van der Waals surface area contributed by atoms with Gasteiger partial charge in [-0.25, -0.2) is 0 Å². The Bertz CT molecular complexity index is 549. The monoisotopic (exact) mass is 276 g/mol. The third kappa shape index (κ3) is 3.48. The molecule has 19 heavy (non-hydrogen) atoms. The van der Waals surface area contributed by atoms with Crippen molar-refractivity contribution in [3.63, 3.8) is 0 Å². The Morgan fingerprint density at radius 1 is 1.32 bits per heavy atom. The lowest BCUT2D eigenvalue weighted by Gasteiger charge is -2.07. The summed E-state index contributed by atoms with van der Waals surface area (Å²) in [5.41, 5.74) is 6.93. The van der Waals surface area contributed by atoms with Crippen molar-refractivity contribution in [2.24, 2.45) is 0 Å². The molecular formula is C14H16N2O2S. The van der Waals surface area contributed by atoms with E-state index in [9.17, 15) is 4.79 Å². The molecule has 0 atom stereocenters. The number of benzene rings is 1. The van der Waals surface area contributed by atoms with Crippen LogP contribution in [0.1, 0.15) is 23.0 Å². The fourth-order valence-corrected chi connectivity index (χ4v) is 2.26. The van der Waals surface area contributed by atoms with Gasteiger partial charge in [-0.3, -0.25) is 4.79 Å². The molecule has 0 spiro atoms. The molecule has 5 heteroatoms. The van der Waals surface area contributed by atoms with Gasteiger partial charge in [0, 0.05) is 5.69 Å². The van der Waals surface area contributed by atoms with Crippen molar-refractivity contribution in [1.29, 1.82) is 0 Å². The van der Waals surface area contributed by atoms with Gasteiger partial charge in [0.2, 0.25) is 0 Å². The normalized spacial score (nSPS) is 10.2. The molecule has 0 aliphatic carbocycles. The number of thiophene rings is 1. The number of amides is 1. The van der Waals surface area contributed by atoms with Gasteiger partial charge in [0.05, 0.1) is 12.3 Å². The van der Waals surface area contributed by atoms with Crippen LogP contribution in [0.25, 0.3) is 0 Å². The number of anilines is 2. The van der Waals surface area contributed by atoms with Gasteiger partial charge in [0.1, 0.15) is 10.6 Å². The predicted molar refractivity (Wildman–Crippen MR) is 78.9 cm³/mol. The van der Waals surface area contributed by atoms with Crippen molar-refractivity contribution >= 4 is 28.6 Å². The fraction of sp³-hybridized carbons (Fsp3) is 0.214. The lowest BCUT2D eigenvalue weighted by atomic mass is 10.3. The molecule has 2 aromatic rings. The van der Waals surface area contributed by atoms with Crippen molar-refractivity contribution in [2.45, 2.75) is 13.3 Å². The minimum Gasteiger partial charge on any atom is -0.494 e. The number of rotatable bonds is 5. The first-order valence-electron chi connectivity index (χ1n) is 6.08. The summed E-state index contributed by atoms with van der Waals surface area (Å²) in [6, 6.07) is 9.02. The number of nitrogen functional groups attached to an aromatic ring is 1. The lowest BCUT2D eigenvalue weighted by Crippen LogP contribution is -2.11. The third-order valence-electron chi connectivity index (χ3n) is 2.49. The maximum atomic E-state index is 11.9. The average Bonchev–Trinajstić information content (AvgIpc) is 2.84. The summed E-state index contributed by atoms with van der Waals surface area (Å²) in [5.74, 6) is 0.616. The largest absolute Gasteiger partial charge is 0.494 e. The number of ether oxygens (including phenoxy) is 1. The van der Waals surface area contributed by atoms with E-state index < -0.39 is 0 Å². The van der Waals surface area contributed by atoms with Gasteiger partial charge in [-0.15, -0.1) is 11.3 Å². The van der Waals surface area contributed by atoms with E-state index in [4.69, 9.17) is 10.5 Å². The second-order valence-corrected chi connectivity index (χ2v) is 4.95. The molecule has 1 heterocycles. The second-order valence-electron chi connectivity index (χ2n) is 4.03. The number of hydrogen-bond donors (Lipinski definition) is 2. The summed E-state index contributed by atoms with van der Waals surface area (Å²) in [6.45, 7) is 2.75. The van der Waals surface area contributed by atoms with E-state index in [1.807, 2.05) is 24.3 Å². The van der Waals surface area contributed by atoms with Crippen LogP contribution in [0.3, 0.4) is 0 Å². The SMILES string of the molecule is CCCOc1ccc(NC(=O)c2sccc2N)cc1. The first-order valence-corrected chi connectivity index (χ1v) is 6.96. The van der Waals surface area contributed by atoms with Gasteiger partial charge in [-0.1, -0.05) is 6.92 Å². The first-order chi connectivity index (χ1) is 9.20. The smallest absolute Gasteiger partial charge is 0.267 e. The van der Waals surface area contributed by atoms with Crippen LogP contribution in [0.5, 0.6) is 5.75 Å². The molecule has 0 aliphatic rings. The van der Waals surface area contributed by atoms with Crippen LogP contribution in [0, 0.1) is 0 Å². The van der Waals surface area contributed by atoms with E-state index in [0.29, 0.717) is 17.2 Å². The van der Waals surface area contributed by atoms with Crippen LogP contribution in [-0.2, 0) is 0 Å². The minimum atomic E-state index is -0.185. The summed E-state index contributed by atoms with van der Waals surface area (Å²) in [4.78, 5) is 12.5. The summed E-state index contributed by atoms with van der Waals surface area (Å²) in [5, 5.41) is 4.60. The summed E-state index contributed by atoms with van der Waals surface area (Å²) in [6.07, 6.45) is 0.968. The number of carbonyl (C=O) groups is 1. The van der Waals surface area contributed by atoms with Crippen LogP contribution in [-0.4, -0.2) is 12.5 Å². The predicted octanol–water partition coefficient (Wildman–Crippen LogP) is 3.37. The highest BCUT2D eigenvalue weighted by Crippen LogP contribution is 2.21. The fourth-order valence-electron chi connectivity index (χ4n) is 1.55. The topological polar surface area (TPSA) is 64.3 Å². The van der Waals surface area contributed by atoms with E-state index in [2.05, 4.69) is 12.2 Å². The van der Waals surface area contributed by atoms with E-state index in [-0.39, 0.29) is 5.91 Å². The molecule has 0 saturated carbocycles. The van der Waals surface area contributed by atoms with Gasteiger partial charge >= 0.3 is 0 Å². The quantitative estimate of drug-likeness (QED) is 0.880. The van der Waals surface area contributed by atoms with Gasteiger partial charge < -0.3 is 15.8 Å². The molecule has 0 bridgehead atoms. The van der Waals surface area contributed by atoms with Crippen LogP contribution in [0.2, 0.25) is 0 Å². The van der Waals surface area contributed by atoms with Crippen molar-refractivity contribution in [1.82, 2.24) is 0 Å². The van der Waals surface area contributed by atoms with Gasteiger partial charge in [-0.2, -0.15) is 0 Å². The van der Waals surface area contributed by atoms with Crippen LogP contribution in [0.15, 0.2) is 35.7 Å². The zero-order valence-electron chi connectivity index (χ0n) is 10.7. The molecule has 3 N–H and O–H groups in total. The number of hydrogen-bond acceptors (Lipinski definition) is 4. The molecule has 0 saturated heterocycles. The van der Waals surface area contributed by atoms with Gasteiger partial charge in [-0.05, 0) is 42.1 Å². The van der Waals surface area contributed by atoms with E-state index in [1.54, 1.807) is 11.4 Å². The molecule has 4 nitrogen and oxygen atoms in total. The van der Waals surface area contributed by atoms with Crippen molar-refractivity contribution < 1.29 is 9.53 Å². The minimum absolute atomic E-state index is 0.185. The average molecular weight is 276 g/mol. The summed E-state index contributed by atoms with van der Waals surface area (Å²) < 4.78 is 5.48. The molecular weight excluding hydrogens is 260 g/mol. The Morgan fingerprint density at radius 2 is 2.05 bits per heavy atom. The van der Waals surface area contributed by atoms with Crippen molar-refractivity contribution in [3.05, 3.63) is 40.6 Å². The Morgan fingerprint density at radius 3 is 2.63 bits per heavy atom. The molecule has 1 amide bonds. The zero-order valence-corrected chi connectivity index (χ0v) is 11.5. The molecule has 100 valence electrons. The second kappa shape index (κ2) is 6.24. The van der Waals surface area contributed by atoms with Gasteiger partial charge in [0.15, 0.2) is 0 Å². The number of nitrogens with two attached hydrogens (primary N) is 1. The number of carbonyl (C=O) groups excluding carboxylic acids is 1. The van der Waals surface area contributed by atoms with Crippen molar-refractivity contribution in [2.75, 3.05) is 17.7 Å². The van der Waals surface area contributed by atoms with Crippen LogP contribution >= 0.6 is 11.3 Å². The van der Waals surface area contributed by atoms with Crippen LogP contribution < -0.4 is 15.8 Å². The molecule has 1 aromatic heterocycles. The highest BCUT2D eigenvalue weighted by atomic mass is 32.1. The Balaban J connectivity index is 2.00. The van der Waals surface area contributed by atoms with Gasteiger partial charge in [0.25, 0.3) is 5.91 Å². The molecule has 1 aromatic carbocycles. The Hall–Kier alpha value is -2.01. The highest BCUT2D eigenvalue weighted by molar-refractivity contribution is 7.12. The summed E-state index contributed by atoms with van der Waals surface area (Å²) in [7, 11) is 0. The standard InChI is InChI=1S/C14H16N2O2S/c1-2-8-18-11-5-3-10(4-6-11)16-14(17)13-12(15)7-9-19-13/h3-7,9H,2,8,15H2,1H3,(H,16,17). The molecule has 2 rings (SSSR count). The number of nitrogens with one attached hydrogen (secondary N) is 1. The Kier molecular flexibility index (Phi) is 4.41. The zero-order chi connectivity index (χ0) is 13.7. The van der Waals surface area contributed by atoms with E-state index in [0.717, 1.165) is 17.9 Å². The molecule has 0 fully saturated rings. The maximum Gasteiger partial charge on any atom is 0.267 e. The molecule has 0 radical (unpaired) electrons.